The van der Waals surface area contributed by atoms with E-state index in [1.165, 1.54) is 65.5 Å². The maximum atomic E-state index is 2.43. The second kappa shape index (κ2) is 13.3. The summed E-state index contributed by atoms with van der Waals surface area (Å²) in [7, 11) is 0. The highest BCUT2D eigenvalue weighted by Gasteiger charge is 2.29. The molecule has 1 nitrogen and oxygen atoms in total. The third-order valence-corrected chi connectivity index (χ3v) is 9.67. The van der Waals surface area contributed by atoms with E-state index in [4.69, 9.17) is 0 Å². The molecule has 0 bridgehead atoms. The van der Waals surface area contributed by atoms with Gasteiger partial charge in [0, 0.05) is 27.4 Å². The van der Waals surface area contributed by atoms with Gasteiger partial charge in [0.05, 0.1) is 0 Å². The summed E-state index contributed by atoms with van der Waals surface area (Å²) < 4.78 is 0. The van der Waals surface area contributed by atoms with Crippen LogP contribution in [0, 0.1) is 34.6 Å². The van der Waals surface area contributed by atoms with E-state index in [0.717, 1.165) is 11.4 Å². The van der Waals surface area contributed by atoms with Crippen LogP contribution in [0.4, 0.5) is 16.4 Å². The summed E-state index contributed by atoms with van der Waals surface area (Å²) >= 11 is 1.90. The lowest BCUT2D eigenvalue weighted by atomic mass is 9.86. The van der Waals surface area contributed by atoms with Gasteiger partial charge in [-0.15, -0.1) is 11.3 Å². The lowest BCUT2D eigenvalue weighted by Gasteiger charge is -2.25. The normalized spacial score (nSPS) is 10.7. The van der Waals surface area contributed by atoms with Crippen LogP contribution >= 0.6 is 11.3 Å². The van der Waals surface area contributed by atoms with Crippen molar-refractivity contribution in [2.24, 2.45) is 0 Å². The highest BCUT2D eigenvalue weighted by molar-refractivity contribution is 7.21. The minimum atomic E-state index is 1.15. The number of hydrogen-bond donors (Lipinski definition) is 0. The molecule has 2 heteroatoms. The molecule has 6 aromatic rings. The Morgan fingerprint density at radius 1 is 0.395 bits per heavy atom. The number of anilines is 3. The van der Waals surface area contributed by atoms with Crippen LogP contribution in [0.15, 0.2) is 121 Å². The van der Waals surface area contributed by atoms with Crippen molar-refractivity contribution in [3.63, 3.8) is 0 Å². The van der Waals surface area contributed by atoms with Crippen LogP contribution in [-0.4, -0.2) is 0 Å². The van der Waals surface area contributed by atoms with Gasteiger partial charge in [0.15, 0.2) is 0 Å². The lowest BCUT2D eigenvalue weighted by molar-refractivity contribution is 1.18. The number of benzene rings is 5. The zero-order valence-electron chi connectivity index (χ0n) is 26.4. The second-order valence-corrected chi connectivity index (χ2v) is 11.7. The smallest absolute Gasteiger partial charge is 0.109 e. The molecule has 0 amide bonds. The van der Waals surface area contributed by atoms with E-state index in [1.54, 1.807) is 0 Å². The quantitative estimate of drug-likeness (QED) is 0.190. The van der Waals surface area contributed by atoms with Gasteiger partial charge in [0.1, 0.15) is 5.00 Å². The fourth-order valence-electron chi connectivity index (χ4n) is 5.88. The van der Waals surface area contributed by atoms with Crippen molar-refractivity contribution < 1.29 is 0 Å². The first kappa shape index (κ1) is 30.1. The van der Waals surface area contributed by atoms with Crippen molar-refractivity contribution in [1.29, 1.82) is 0 Å². The zero-order chi connectivity index (χ0) is 30.5. The molecule has 0 spiro atoms. The molecule has 0 aliphatic carbocycles. The Bertz CT molecular complexity index is 1730. The monoisotopic (exact) mass is 579 g/mol. The summed E-state index contributed by atoms with van der Waals surface area (Å²) in [4.78, 5) is 3.75. The standard InChI is InChI=1S/C39H35NS.C2H6/c1-26-27(2)29(4)35(30(5)28(26)3)38-36(31-18-10-6-11-19-31)37(32-20-12-7-13-21-32)39(41-38)40(33-22-14-8-15-23-33)34-24-16-9-17-25-34;1-2/h6-25H,1-5H3;1-2H3. The first-order valence-corrected chi connectivity index (χ1v) is 16.0. The topological polar surface area (TPSA) is 3.24 Å². The molecule has 43 heavy (non-hydrogen) atoms. The molecule has 0 aliphatic rings. The fraction of sp³-hybridized carbons (Fsp3) is 0.171. The van der Waals surface area contributed by atoms with Gasteiger partial charge in [0.25, 0.3) is 0 Å². The molecular formula is C41H41NS. The second-order valence-electron chi connectivity index (χ2n) is 10.7. The van der Waals surface area contributed by atoms with Crippen LogP contribution in [0.1, 0.15) is 41.7 Å². The Kier molecular flexibility index (Phi) is 9.28. The van der Waals surface area contributed by atoms with E-state index >= 15 is 0 Å². The number of thiophene rings is 1. The van der Waals surface area contributed by atoms with Gasteiger partial charge in [-0.1, -0.05) is 111 Å². The van der Waals surface area contributed by atoms with E-state index in [1.807, 2.05) is 25.2 Å². The maximum absolute atomic E-state index is 2.43. The molecule has 5 aromatic carbocycles. The summed E-state index contributed by atoms with van der Waals surface area (Å²) in [6.45, 7) is 15.4. The lowest BCUT2D eigenvalue weighted by Crippen LogP contribution is -2.09. The average Bonchev–Trinajstić information content (AvgIpc) is 3.45. The highest BCUT2D eigenvalue weighted by atomic mass is 32.1. The van der Waals surface area contributed by atoms with Crippen LogP contribution in [0.5, 0.6) is 0 Å². The third kappa shape index (κ3) is 5.68. The molecule has 0 saturated heterocycles. The zero-order valence-corrected chi connectivity index (χ0v) is 27.2. The first-order valence-electron chi connectivity index (χ1n) is 15.2. The van der Waals surface area contributed by atoms with Gasteiger partial charge in [0.2, 0.25) is 0 Å². The van der Waals surface area contributed by atoms with E-state index in [2.05, 4.69) is 161 Å². The van der Waals surface area contributed by atoms with Gasteiger partial charge in [-0.3, -0.25) is 0 Å². The molecule has 0 unspecified atom stereocenters. The van der Waals surface area contributed by atoms with Crippen molar-refractivity contribution in [2.45, 2.75) is 48.5 Å². The Balaban J connectivity index is 0.00000180. The third-order valence-electron chi connectivity index (χ3n) is 8.47. The van der Waals surface area contributed by atoms with Crippen molar-refractivity contribution in [3.8, 4) is 32.7 Å². The van der Waals surface area contributed by atoms with E-state index in [-0.39, 0.29) is 0 Å². The maximum Gasteiger partial charge on any atom is 0.109 e. The molecule has 0 saturated carbocycles. The molecule has 0 N–H and O–H groups in total. The van der Waals surface area contributed by atoms with Gasteiger partial charge >= 0.3 is 0 Å². The van der Waals surface area contributed by atoms with Crippen LogP contribution in [0.2, 0.25) is 0 Å². The average molecular weight is 580 g/mol. The van der Waals surface area contributed by atoms with Crippen LogP contribution in [0.25, 0.3) is 32.7 Å². The van der Waals surface area contributed by atoms with E-state index in [9.17, 15) is 0 Å². The van der Waals surface area contributed by atoms with Crippen LogP contribution in [-0.2, 0) is 0 Å². The van der Waals surface area contributed by atoms with Gasteiger partial charge in [-0.25, -0.2) is 0 Å². The van der Waals surface area contributed by atoms with E-state index < -0.39 is 0 Å². The number of hydrogen-bond acceptors (Lipinski definition) is 2. The van der Waals surface area contributed by atoms with Crippen molar-refractivity contribution in [2.75, 3.05) is 4.90 Å². The molecular weight excluding hydrogens is 539 g/mol. The summed E-state index contributed by atoms with van der Waals surface area (Å²) in [5, 5.41) is 1.22. The summed E-state index contributed by atoms with van der Waals surface area (Å²) in [6.07, 6.45) is 0. The Labute approximate surface area is 262 Å². The Hall–Kier alpha value is -4.40. The number of nitrogens with zero attached hydrogens (tertiary/aromatic N) is 1. The summed E-state index contributed by atoms with van der Waals surface area (Å²) in [6, 6.07) is 43.4. The van der Waals surface area contributed by atoms with Gasteiger partial charge in [-0.2, -0.15) is 0 Å². The summed E-state index contributed by atoms with van der Waals surface area (Å²) in [5.74, 6) is 0. The Morgan fingerprint density at radius 2 is 0.744 bits per heavy atom. The van der Waals surface area contributed by atoms with Crippen molar-refractivity contribution in [3.05, 3.63) is 149 Å². The SMILES string of the molecule is CC.Cc1c(C)c(C)c(-c2sc(N(c3ccccc3)c3ccccc3)c(-c3ccccc3)c2-c2ccccc2)c(C)c1C. The minimum Gasteiger partial charge on any atom is -0.301 e. The largest absolute Gasteiger partial charge is 0.301 e. The van der Waals surface area contributed by atoms with Gasteiger partial charge < -0.3 is 4.90 Å². The summed E-state index contributed by atoms with van der Waals surface area (Å²) in [5.41, 5.74) is 15.5. The molecule has 0 atom stereocenters. The number of para-hydroxylation sites is 2. The molecule has 6 rings (SSSR count). The predicted molar refractivity (Wildman–Crippen MR) is 190 cm³/mol. The molecule has 0 fully saturated rings. The van der Waals surface area contributed by atoms with E-state index in [0.29, 0.717) is 0 Å². The molecule has 1 heterocycles. The van der Waals surface area contributed by atoms with Crippen LogP contribution in [0.3, 0.4) is 0 Å². The van der Waals surface area contributed by atoms with Crippen LogP contribution < -0.4 is 4.90 Å². The molecule has 1 aromatic heterocycles. The Morgan fingerprint density at radius 3 is 1.16 bits per heavy atom. The van der Waals surface area contributed by atoms with Crippen molar-refractivity contribution in [1.82, 2.24) is 0 Å². The van der Waals surface area contributed by atoms with Gasteiger partial charge in [-0.05, 0) is 103 Å². The van der Waals surface area contributed by atoms with Crippen molar-refractivity contribution >= 4 is 27.7 Å². The molecule has 0 aliphatic heterocycles. The molecule has 0 radical (unpaired) electrons. The fourth-order valence-corrected chi connectivity index (χ4v) is 7.43. The highest BCUT2D eigenvalue weighted by Crippen LogP contribution is 2.56. The minimum absolute atomic E-state index is 1.15. The first-order chi connectivity index (χ1) is 21.0. The molecule has 216 valence electrons. The number of rotatable bonds is 6. The predicted octanol–water partition coefficient (Wildman–Crippen LogP) is 12.8.